The number of imide groups is 2. The lowest BCUT2D eigenvalue weighted by atomic mass is 9.71. The van der Waals surface area contributed by atoms with Gasteiger partial charge in [-0.3, -0.25) is 29.7 Å². The second kappa shape index (κ2) is 6.38. The molecular weight excluding hydrogens is 450 g/mol. The molecule has 0 aromatic heterocycles. The Bertz CT molecular complexity index is 1220. The highest BCUT2D eigenvalue weighted by molar-refractivity contribution is 6.22. The second-order valence-electron chi connectivity index (χ2n) is 6.97. The Morgan fingerprint density at radius 3 is 1.62 bits per heavy atom. The quantitative estimate of drug-likeness (QED) is 0.409. The molecule has 2 aliphatic rings. The number of nitrogens with one attached hydrogen (secondary N) is 1. The highest BCUT2D eigenvalue weighted by Gasteiger charge is 2.72. The summed E-state index contributed by atoms with van der Waals surface area (Å²) in [4.78, 5) is 47.2. The van der Waals surface area contributed by atoms with Gasteiger partial charge in [-0.2, -0.15) is 26.3 Å². The van der Waals surface area contributed by atoms with Crippen molar-refractivity contribution in [2.45, 2.75) is 17.8 Å². The van der Waals surface area contributed by atoms with E-state index in [0.29, 0.717) is 30.3 Å². The highest BCUT2D eigenvalue weighted by Crippen LogP contribution is 2.56. The van der Waals surface area contributed by atoms with Gasteiger partial charge >= 0.3 is 12.4 Å². The minimum absolute atomic E-state index is 0.227. The lowest BCUT2D eigenvalue weighted by Gasteiger charge is -2.38. The van der Waals surface area contributed by atoms with E-state index in [0.717, 1.165) is 0 Å². The fourth-order valence-electron chi connectivity index (χ4n) is 3.84. The van der Waals surface area contributed by atoms with Crippen LogP contribution in [-0.2, 0) is 5.41 Å². The maximum Gasteiger partial charge on any atom is 0.411 e. The Hall–Kier alpha value is -3.74. The molecule has 0 radical (unpaired) electrons. The van der Waals surface area contributed by atoms with Crippen molar-refractivity contribution in [3.05, 3.63) is 69.8 Å². The number of alkyl halides is 6. The lowest BCUT2D eigenvalue weighted by molar-refractivity contribution is -0.288. The predicted octanol–water partition coefficient (Wildman–Crippen LogP) is 2.97. The maximum atomic E-state index is 14.3. The molecule has 7 nitrogen and oxygen atoms in total. The van der Waals surface area contributed by atoms with Crippen LogP contribution >= 0.6 is 0 Å². The van der Waals surface area contributed by atoms with Crippen molar-refractivity contribution >= 4 is 23.6 Å². The van der Waals surface area contributed by atoms with E-state index in [-0.39, 0.29) is 6.07 Å². The maximum absolute atomic E-state index is 14.3. The van der Waals surface area contributed by atoms with Gasteiger partial charge in [0.15, 0.2) is 0 Å². The molecule has 2 aliphatic heterocycles. The first-order valence-corrected chi connectivity index (χ1v) is 8.57. The van der Waals surface area contributed by atoms with Crippen molar-refractivity contribution in [3.8, 4) is 0 Å². The van der Waals surface area contributed by atoms with Crippen LogP contribution in [0.15, 0.2) is 36.4 Å². The molecule has 0 saturated carbocycles. The largest absolute Gasteiger partial charge is 0.411 e. The normalized spacial score (nSPS) is 16.4. The Balaban J connectivity index is 2.06. The van der Waals surface area contributed by atoms with Crippen molar-refractivity contribution in [1.29, 1.82) is 0 Å². The SMILES string of the molecule is O=C1NC(=O)c2cc(C(c3ccc4c(c3)C(=O)N(O)C4=O)(C(F)(F)F)C(F)(F)F)ccc21. The Kier molecular flexibility index (Phi) is 4.29. The summed E-state index contributed by atoms with van der Waals surface area (Å²) in [6.45, 7) is 0. The molecule has 0 fully saturated rings. The number of nitrogens with zero attached hydrogens (tertiary/aromatic N) is 1. The standard InChI is InChI=1S/C19H8F6N2O5/c20-18(21,22)17(19(23,24)25,7-1-3-9-11(5-7)14(29)26-13(9)28)8-2-4-10-12(6-8)16(31)27(32)15(10)30/h1-6,32H,(H,26,28,29). The van der Waals surface area contributed by atoms with Crippen molar-refractivity contribution in [3.63, 3.8) is 0 Å². The molecule has 0 spiro atoms. The van der Waals surface area contributed by atoms with Crippen LogP contribution in [0.3, 0.4) is 0 Å². The number of halogens is 6. The molecule has 2 heterocycles. The van der Waals surface area contributed by atoms with E-state index in [4.69, 9.17) is 0 Å². The van der Waals surface area contributed by atoms with E-state index >= 15 is 0 Å². The predicted molar refractivity (Wildman–Crippen MR) is 89.9 cm³/mol. The zero-order chi connectivity index (χ0) is 23.8. The number of amides is 4. The summed E-state index contributed by atoms with van der Waals surface area (Å²) in [5, 5.41) is 10.7. The average Bonchev–Trinajstić information content (AvgIpc) is 3.08. The van der Waals surface area contributed by atoms with Crippen LogP contribution in [-0.4, -0.2) is 46.3 Å². The molecule has 13 heteroatoms. The second-order valence-corrected chi connectivity index (χ2v) is 6.97. The molecule has 0 saturated heterocycles. The molecule has 2 aromatic carbocycles. The molecule has 0 aliphatic carbocycles. The minimum atomic E-state index is -6.04. The fraction of sp³-hybridized carbons (Fsp3) is 0.158. The molecule has 4 rings (SSSR count). The number of rotatable bonds is 2. The number of fused-ring (bicyclic) bond motifs is 2. The van der Waals surface area contributed by atoms with E-state index in [1.54, 1.807) is 5.32 Å². The molecule has 0 atom stereocenters. The third kappa shape index (κ3) is 2.60. The summed E-state index contributed by atoms with van der Waals surface area (Å²) in [6.07, 6.45) is -12.1. The van der Waals surface area contributed by atoms with Crippen molar-refractivity contribution in [2.75, 3.05) is 0 Å². The van der Waals surface area contributed by atoms with E-state index in [9.17, 15) is 50.7 Å². The lowest BCUT2D eigenvalue weighted by Crippen LogP contribution is -2.55. The van der Waals surface area contributed by atoms with E-state index in [1.165, 1.54) is 0 Å². The van der Waals surface area contributed by atoms with E-state index < -0.39 is 79.8 Å². The van der Waals surface area contributed by atoms with Gasteiger partial charge in [-0.1, -0.05) is 12.1 Å². The van der Waals surface area contributed by atoms with Gasteiger partial charge in [-0.15, -0.1) is 5.06 Å². The molecule has 32 heavy (non-hydrogen) atoms. The number of carbonyl (C=O) groups excluding carboxylic acids is 4. The van der Waals surface area contributed by atoms with Gasteiger partial charge < -0.3 is 0 Å². The van der Waals surface area contributed by atoms with Crippen LogP contribution in [0, 0.1) is 0 Å². The smallest absolute Gasteiger partial charge is 0.288 e. The third-order valence-corrected chi connectivity index (χ3v) is 5.32. The summed E-state index contributed by atoms with van der Waals surface area (Å²) in [7, 11) is 0. The van der Waals surface area contributed by atoms with E-state index in [1.807, 2.05) is 0 Å². The van der Waals surface area contributed by atoms with Crippen molar-refractivity contribution in [2.24, 2.45) is 0 Å². The molecule has 0 bridgehead atoms. The van der Waals surface area contributed by atoms with Crippen LogP contribution in [0.2, 0.25) is 0 Å². The van der Waals surface area contributed by atoms with Gasteiger partial charge in [0.2, 0.25) is 5.41 Å². The Morgan fingerprint density at radius 2 is 1.09 bits per heavy atom. The van der Waals surface area contributed by atoms with Gasteiger partial charge in [-0.05, 0) is 35.4 Å². The molecular formula is C19H8F6N2O5. The summed E-state index contributed by atoms with van der Waals surface area (Å²) in [6, 6.07) is 2.55. The van der Waals surface area contributed by atoms with Crippen LogP contribution in [0.5, 0.6) is 0 Å². The summed E-state index contributed by atoms with van der Waals surface area (Å²) < 4.78 is 85.6. The monoisotopic (exact) mass is 458 g/mol. The van der Waals surface area contributed by atoms with Crippen molar-refractivity contribution in [1.82, 2.24) is 10.4 Å². The molecule has 2 N–H and O–H groups in total. The molecule has 166 valence electrons. The van der Waals surface area contributed by atoms with Gasteiger partial charge in [0.25, 0.3) is 23.6 Å². The molecule has 4 amide bonds. The zero-order valence-electron chi connectivity index (χ0n) is 15.3. The first kappa shape index (κ1) is 21.5. The first-order valence-electron chi connectivity index (χ1n) is 8.57. The highest BCUT2D eigenvalue weighted by atomic mass is 19.4. The third-order valence-electron chi connectivity index (χ3n) is 5.32. The van der Waals surface area contributed by atoms with Crippen LogP contribution < -0.4 is 5.32 Å². The Morgan fingerprint density at radius 1 is 0.656 bits per heavy atom. The number of benzene rings is 2. The van der Waals surface area contributed by atoms with Crippen LogP contribution in [0.25, 0.3) is 0 Å². The summed E-state index contributed by atoms with van der Waals surface area (Å²) in [5.41, 5.74) is -10.2. The minimum Gasteiger partial charge on any atom is -0.288 e. The van der Waals surface area contributed by atoms with Gasteiger partial charge in [0.1, 0.15) is 0 Å². The number of hydrogen-bond acceptors (Lipinski definition) is 5. The van der Waals surface area contributed by atoms with Crippen LogP contribution in [0.1, 0.15) is 52.6 Å². The van der Waals surface area contributed by atoms with E-state index in [2.05, 4.69) is 0 Å². The number of hydroxylamine groups is 2. The Labute approximate surface area is 173 Å². The number of carbonyl (C=O) groups is 4. The average molecular weight is 458 g/mol. The first-order chi connectivity index (χ1) is 14.7. The summed E-state index contributed by atoms with van der Waals surface area (Å²) >= 11 is 0. The van der Waals surface area contributed by atoms with Crippen LogP contribution in [0.4, 0.5) is 26.3 Å². The number of hydrogen-bond donors (Lipinski definition) is 2. The topological polar surface area (TPSA) is 104 Å². The fourth-order valence-corrected chi connectivity index (χ4v) is 3.84. The van der Waals surface area contributed by atoms with Gasteiger partial charge in [0.05, 0.1) is 22.3 Å². The zero-order valence-corrected chi connectivity index (χ0v) is 15.3. The van der Waals surface area contributed by atoms with Crippen molar-refractivity contribution < 1.29 is 50.7 Å². The molecule has 2 aromatic rings. The van der Waals surface area contributed by atoms with Gasteiger partial charge in [0, 0.05) is 0 Å². The molecule has 0 unspecified atom stereocenters. The summed E-state index contributed by atoms with van der Waals surface area (Å²) in [5.74, 6) is -4.96. The van der Waals surface area contributed by atoms with Gasteiger partial charge in [-0.25, -0.2) is 0 Å².